The second-order valence-electron chi connectivity index (χ2n) is 7.84. The van der Waals surface area contributed by atoms with Crippen LogP contribution in [-0.2, 0) is 11.8 Å². The molecule has 2 N–H and O–H groups in total. The van der Waals surface area contributed by atoms with Gasteiger partial charge in [0.25, 0.3) is 11.8 Å². The number of benzene rings is 3. The number of fused-ring (bicyclic) bond motifs is 3. The number of carbonyl (C=O) groups excluding carboxylic acids is 2. The standard InChI is InChI=1S/C27H27N3O2/c1-3-4-16-28-27(32)23(29-26(31)20-10-6-5-7-11-20)18-19-14-15-25-22(17-19)21-12-8-9-13-24(21)30(25)2/h5-15,17-18H,3-4,16H2,1-2H3,(H,28,32)(H,29,31)/b23-18-. The fourth-order valence-electron chi connectivity index (χ4n) is 3.86. The van der Waals surface area contributed by atoms with E-state index in [-0.39, 0.29) is 17.5 Å². The lowest BCUT2D eigenvalue weighted by Gasteiger charge is -2.11. The molecule has 5 heteroatoms. The average Bonchev–Trinajstić information content (AvgIpc) is 3.11. The van der Waals surface area contributed by atoms with E-state index in [2.05, 4.69) is 40.3 Å². The molecule has 3 aromatic carbocycles. The Kier molecular flexibility index (Phi) is 6.36. The Morgan fingerprint density at radius 2 is 1.62 bits per heavy atom. The van der Waals surface area contributed by atoms with E-state index in [9.17, 15) is 9.59 Å². The number of amides is 2. The van der Waals surface area contributed by atoms with Gasteiger partial charge in [-0.05, 0) is 48.4 Å². The lowest BCUT2D eigenvalue weighted by atomic mass is 10.1. The second-order valence-corrected chi connectivity index (χ2v) is 7.84. The molecule has 0 bridgehead atoms. The summed E-state index contributed by atoms with van der Waals surface area (Å²) < 4.78 is 2.16. The highest BCUT2D eigenvalue weighted by Crippen LogP contribution is 2.29. The minimum absolute atomic E-state index is 0.231. The number of hydrogen-bond acceptors (Lipinski definition) is 2. The van der Waals surface area contributed by atoms with Crippen LogP contribution in [0.3, 0.4) is 0 Å². The number of unbranched alkanes of at least 4 members (excludes halogenated alkanes) is 1. The van der Waals surface area contributed by atoms with Crippen LogP contribution in [0, 0.1) is 0 Å². The Morgan fingerprint density at radius 3 is 2.41 bits per heavy atom. The third-order valence-corrected chi connectivity index (χ3v) is 5.59. The second kappa shape index (κ2) is 9.52. The number of nitrogens with zero attached hydrogens (tertiary/aromatic N) is 1. The Hall–Kier alpha value is -3.86. The molecule has 0 aliphatic carbocycles. The summed E-state index contributed by atoms with van der Waals surface area (Å²) in [5.74, 6) is -0.602. The van der Waals surface area contributed by atoms with Crippen LogP contribution in [0.5, 0.6) is 0 Å². The molecule has 0 aliphatic heterocycles. The molecule has 0 atom stereocenters. The maximum atomic E-state index is 12.9. The monoisotopic (exact) mass is 425 g/mol. The Bertz CT molecular complexity index is 1300. The minimum atomic E-state index is -0.311. The van der Waals surface area contributed by atoms with Gasteiger partial charge in [-0.1, -0.05) is 55.8 Å². The van der Waals surface area contributed by atoms with Gasteiger partial charge in [0.1, 0.15) is 5.70 Å². The van der Waals surface area contributed by atoms with Gasteiger partial charge in [0.15, 0.2) is 0 Å². The highest BCUT2D eigenvalue weighted by molar-refractivity contribution is 6.09. The Labute approximate surface area is 187 Å². The summed E-state index contributed by atoms with van der Waals surface area (Å²) in [6.07, 6.45) is 3.60. The number of carbonyl (C=O) groups is 2. The van der Waals surface area contributed by atoms with Gasteiger partial charge in [0, 0.05) is 41.0 Å². The maximum Gasteiger partial charge on any atom is 0.267 e. The molecule has 4 rings (SSSR count). The molecule has 0 saturated heterocycles. The molecule has 2 amide bonds. The Morgan fingerprint density at radius 1 is 0.906 bits per heavy atom. The zero-order chi connectivity index (χ0) is 22.5. The van der Waals surface area contributed by atoms with Crippen LogP contribution in [0.4, 0.5) is 0 Å². The summed E-state index contributed by atoms with van der Waals surface area (Å²) in [4.78, 5) is 25.6. The van der Waals surface area contributed by atoms with E-state index >= 15 is 0 Å². The third-order valence-electron chi connectivity index (χ3n) is 5.59. The van der Waals surface area contributed by atoms with Crippen molar-refractivity contribution in [1.82, 2.24) is 15.2 Å². The van der Waals surface area contributed by atoms with Crippen LogP contribution in [0.2, 0.25) is 0 Å². The normalized spacial score (nSPS) is 11.6. The van der Waals surface area contributed by atoms with Crippen molar-refractivity contribution in [2.45, 2.75) is 19.8 Å². The van der Waals surface area contributed by atoms with E-state index in [1.807, 2.05) is 37.4 Å². The summed E-state index contributed by atoms with van der Waals surface area (Å²) in [6.45, 7) is 2.63. The molecule has 0 aliphatic rings. The topological polar surface area (TPSA) is 63.1 Å². The summed E-state index contributed by atoms with van der Waals surface area (Å²) in [5.41, 5.74) is 3.85. The molecular formula is C27H27N3O2. The van der Waals surface area contributed by atoms with E-state index in [1.54, 1.807) is 30.3 Å². The molecular weight excluding hydrogens is 398 g/mol. The van der Waals surface area contributed by atoms with Crippen LogP contribution in [0.1, 0.15) is 35.7 Å². The maximum absolute atomic E-state index is 12.9. The molecule has 1 aromatic heterocycles. The predicted molar refractivity (Wildman–Crippen MR) is 130 cm³/mol. The van der Waals surface area contributed by atoms with Crippen molar-refractivity contribution in [1.29, 1.82) is 0 Å². The number of hydrogen-bond donors (Lipinski definition) is 2. The van der Waals surface area contributed by atoms with Gasteiger partial charge in [0.05, 0.1) is 0 Å². The summed E-state index contributed by atoms with van der Waals surface area (Å²) in [5, 5.41) is 7.97. The van der Waals surface area contributed by atoms with Crippen LogP contribution >= 0.6 is 0 Å². The van der Waals surface area contributed by atoms with E-state index in [4.69, 9.17) is 0 Å². The van der Waals surface area contributed by atoms with Gasteiger partial charge >= 0.3 is 0 Å². The van der Waals surface area contributed by atoms with Gasteiger partial charge in [0.2, 0.25) is 0 Å². The smallest absolute Gasteiger partial charge is 0.267 e. The number of para-hydroxylation sites is 1. The van der Waals surface area contributed by atoms with Crippen molar-refractivity contribution in [3.05, 3.63) is 89.6 Å². The highest BCUT2D eigenvalue weighted by atomic mass is 16.2. The molecule has 0 radical (unpaired) electrons. The van der Waals surface area contributed by atoms with Gasteiger partial charge < -0.3 is 15.2 Å². The fraction of sp³-hybridized carbons (Fsp3) is 0.185. The molecule has 0 fully saturated rings. The van der Waals surface area contributed by atoms with E-state index in [0.717, 1.165) is 40.2 Å². The summed E-state index contributed by atoms with van der Waals surface area (Å²) in [7, 11) is 2.05. The van der Waals surface area contributed by atoms with Crippen molar-refractivity contribution in [3.63, 3.8) is 0 Å². The first-order chi connectivity index (χ1) is 15.6. The van der Waals surface area contributed by atoms with E-state index < -0.39 is 0 Å². The number of aryl methyl sites for hydroxylation is 1. The van der Waals surface area contributed by atoms with Crippen LogP contribution in [-0.4, -0.2) is 22.9 Å². The number of nitrogens with one attached hydrogen (secondary N) is 2. The molecule has 0 spiro atoms. The summed E-state index contributed by atoms with van der Waals surface area (Å²) in [6, 6.07) is 23.2. The predicted octanol–water partition coefficient (Wildman–Crippen LogP) is 5.02. The first kappa shape index (κ1) is 21.4. The SMILES string of the molecule is CCCCNC(=O)/C(=C/c1ccc2c(c1)c1ccccc1n2C)NC(=O)c1ccccc1. The first-order valence-electron chi connectivity index (χ1n) is 10.9. The van der Waals surface area contributed by atoms with Crippen LogP contribution in [0.25, 0.3) is 27.9 Å². The fourth-order valence-corrected chi connectivity index (χ4v) is 3.86. The van der Waals surface area contributed by atoms with Crippen molar-refractivity contribution >= 4 is 39.7 Å². The van der Waals surface area contributed by atoms with Gasteiger partial charge in [-0.3, -0.25) is 9.59 Å². The van der Waals surface area contributed by atoms with E-state index in [0.29, 0.717) is 12.1 Å². The van der Waals surface area contributed by atoms with Gasteiger partial charge in [-0.25, -0.2) is 0 Å². The van der Waals surface area contributed by atoms with E-state index in [1.165, 1.54) is 0 Å². The molecule has 1 heterocycles. The molecule has 32 heavy (non-hydrogen) atoms. The number of rotatable bonds is 7. The van der Waals surface area contributed by atoms with Crippen molar-refractivity contribution < 1.29 is 9.59 Å². The molecule has 5 nitrogen and oxygen atoms in total. The quantitative estimate of drug-likeness (QED) is 0.323. The van der Waals surface area contributed by atoms with Crippen molar-refractivity contribution in [3.8, 4) is 0 Å². The first-order valence-corrected chi connectivity index (χ1v) is 10.9. The van der Waals surface area contributed by atoms with Crippen molar-refractivity contribution in [2.75, 3.05) is 6.54 Å². The summed E-state index contributed by atoms with van der Waals surface area (Å²) >= 11 is 0. The molecule has 4 aromatic rings. The average molecular weight is 426 g/mol. The Balaban J connectivity index is 1.71. The third kappa shape index (κ3) is 4.42. The minimum Gasteiger partial charge on any atom is -0.351 e. The molecule has 0 saturated carbocycles. The lowest BCUT2D eigenvalue weighted by Crippen LogP contribution is -2.35. The van der Waals surface area contributed by atoms with Crippen molar-refractivity contribution in [2.24, 2.45) is 7.05 Å². The molecule has 0 unspecified atom stereocenters. The van der Waals surface area contributed by atoms with Crippen LogP contribution < -0.4 is 10.6 Å². The largest absolute Gasteiger partial charge is 0.351 e. The highest BCUT2D eigenvalue weighted by Gasteiger charge is 2.15. The lowest BCUT2D eigenvalue weighted by molar-refractivity contribution is -0.117. The zero-order valence-corrected chi connectivity index (χ0v) is 18.4. The zero-order valence-electron chi connectivity index (χ0n) is 18.4. The van der Waals surface area contributed by atoms with Gasteiger partial charge in [-0.15, -0.1) is 0 Å². The molecule has 162 valence electrons. The number of aromatic nitrogens is 1. The van der Waals surface area contributed by atoms with Gasteiger partial charge in [-0.2, -0.15) is 0 Å². The van der Waals surface area contributed by atoms with Crippen LogP contribution in [0.15, 0.2) is 78.5 Å².